The number of alkyl halides is 1. The van der Waals surface area contributed by atoms with E-state index in [1.807, 2.05) is 0 Å². The number of benzene rings is 1. The topological polar surface area (TPSA) is 43.1 Å². The van der Waals surface area contributed by atoms with Gasteiger partial charge in [0, 0.05) is 10.9 Å². The van der Waals surface area contributed by atoms with E-state index in [9.17, 15) is 18.9 Å². The van der Waals surface area contributed by atoms with Gasteiger partial charge in [0.15, 0.2) is 0 Å². The van der Waals surface area contributed by atoms with E-state index in [4.69, 9.17) is 0 Å². The number of rotatable bonds is 2. The van der Waals surface area contributed by atoms with E-state index < -0.39 is 22.2 Å². The van der Waals surface area contributed by atoms with Gasteiger partial charge in [-0.3, -0.25) is 10.1 Å². The first-order valence-electron chi connectivity index (χ1n) is 3.24. The molecule has 6 heteroatoms. The number of halogens is 3. The largest absolute Gasteiger partial charge is 0.308 e. The standard InChI is InChI=1S/C7H4BrF2NO2/c8-3-4-1-5(9)2-6(7(4)10)11(12)13/h1-2H,3H2. The Hall–Kier alpha value is -1.04. The van der Waals surface area contributed by atoms with Gasteiger partial charge < -0.3 is 0 Å². The van der Waals surface area contributed by atoms with Crippen LogP contribution in [-0.2, 0) is 5.33 Å². The van der Waals surface area contributed by atoms with Crippen LogP contribution < -0.4 is 0 Å². The monoisotopic (exact) mass is 251 g/mol. The minimum Gasteiger partial charge on any atom is -0.258 e. The van der Waals surface area contributed by atoms with Crippen LogP contribution in [0.2, 0.25) is 0 Å². The molecule has 3 nitrogen and oxygen atoms in total. The predicted molar refractivity (Wildman–Crippen MR) is 45.6 cm³/mol. The van der Waals surface area contributed by atoms with Crippen LogP contribution in [0, 0.1) is 21.7 Å². The summed E-state index contributed by atoms with van der Waals surface area (Å²) in [7, 11) is 0. The van der Waals surface area contributed by atoms with Crippen molar-refractivity contribution in [3.8, 4) is 0 Å². The van der Waals surface area contributed by atoms with Crippen molar-refractivity contribution in [3.63, 3.8) is 0 Å². The van der Waals surface area contributed by atoms with Crippen molar-refractivity contribution in [1.82, 2.24) is 0 Å². The van der Waals surface area contributed by atoms with Crippen molar-refractivity contribution in [2.45, 2.75) is 5.33 Å². The van der Waals surface area contributed by atoms with Crippen LogP contribution in [-0.4, -0.2) is 4.92 Å². The Morgan fingerprint density at radius 3 is 2.54 bits per heavy atom. The molecule has 0 amide bonds. The van der Waals surface area contributed by atoms with Crippen molar-refractivity contribution >= 4 is 21.6 Å². The third-order valence-electron chi connectivity index (χ3n) is 1.43. The van der Waals surface area contributed by atoms with E-state index >= 15 is 0 Å². The normalized spacial score (nSPS) is 10.1. The van der Waals surface area contributed by atoms with E-state index in [0.717, 1.165) is 6.07 Å². The van der Waals surface area contributed by atoms with E-state index in [0.29, 0.717) is 6.07 Å². The summed E-state index contributed by atoms with van der Waals surface area (Å²) in [6, 6.07) is 1.47. The molecule has 0 saturated heterocycles. The number of hydrogen-bond donors (Lipinski definition) is 0. The van der Waals surface area contributed by atoms with E-state index in [1.54, 1.807) is 0 Å². The highest BCUT2D eigenvalue weighted by Crippen LogP contribution is 2.23. The van der Waals surface area contributed by atoms with Crippen molar-refractivity contribution < 1.29 is 13.7 Å². The number of nitro groups is 1. The lowest BCUT2D eigenvalue weighted by Gasteiger charge is -1.99. The summed E-state index contributed by atoms with van der Waals surface area (Å²) in [6.45, 7) is 0. The average Bonchev–Trinajstić information content (AvgIpc) is 2.08. The summed E-state index contributed by atoms with van der Waals surface area (Å²) >= 11 is 2.90. The lowest BCUT2D eigenvalue weighted by molar-refractivity contribution is -0.387. The second-order valence-corrected chi connectivity index (χ2v) is 2.85. The molecule has 0 N–H and O–H groups in total. The number of hydrogen-bond acceptors (Lipinski definition) is 2. The Bertz CT molecular complexity index is 357. The van der Waals surface area contributed by atoms with Gasteiger partial charge in [0.2, 0.25) is 5.82 Å². The molecule has 0 saturated carbocycles. The maximum atomic E-state index is 13.1. The molecule has 0 aromatic heterocycles. The SMILES string of the molecule is O=[N+]([O-])c1cc(F)cc(CBr)c1F. The van der Waals surface area contributed by atoms with Crippen LogP contribution in [0.25, 0.3) is 0 Å². The van der Waals surface area contributed by atoms with Gasteiger partial charge in [-0.2, -0.15) is 4.39 Å². The minimum absolute atomic E-state index is 0.0391. The van der Waals surface area contributed by atoms with Crippen molar-refractivity contribution in [3.05, 3.63) is 39.4 Å². The maximum absolute atomic E-state index is 13.1. The number of nitrogens with zero attached hydrogens (tertiary/aromatic N) is 1. The zero-order valence-electron chi connectivity index (χ0n) is 6.26. The Morgan fingerprint density at radius 1 is 1.46 bits per heavy atom. The Labute approximate surface area is 80.6 Å². The highest BCUT2D eigenvalue weighted by atomic mass is 79.9. The Kier molecular flexibility index (Phi) is 2.92. The Balaban J connectivity index is 3.35. The molecule has 1 rings (SSSR count). The molecule has 0 atom stereocenters. The summed E-state index contributed by atoms with van der Waals surface area (Å²) in [4.78, 5) is 9.27. The predicted octanol–water partition coefficient (Wildman–Crippen LogP) is 2.77. The van der Waals surface area contributed by atoms with Gasteiger partial charge in [-0.25, -0.2) is 4.39 Å². The van der Waals surface area contributed by atoms with Crippen LogP contribution in [0.5, 0.6) is 0 Å². The zero-order chi connectivity index (χ0) is 10.0. The molecule has 0 unspecified atom stereocenters. The van der Waals surface area contributed by atoms with Crippen molar-refractivity contribution in [2.24, 2.45) is 0 Å². The molecule has 0 fully saturated rings. The molecule has 0 spiro atoms. The first-order valence-corrected chi connectivity index (χ1v) is 4.36. The van der Waals surface area contributed by atoms with E-state index in [2.05, 4.69) is 15.9 Å². The Morgan fingerprint density at radius 2 is 2.08 bits per heavy atom. The highest BCUT2D eigenvalue weighted by Gasteiger charge is 2.18. The summed E-state index contributed by atoms with van der Waals surface area (Å²) in [6.07, 6.45) is 0. The maximum Gasteiger partial charge on any atom is 0.308 e. The van der Waals surface area contributed by atoms with Gasteiger partial charge in [-0.15, -0.1) is 0 Å². The fraction of sp³-hybridized carbons (Fsp3) is 0.143. The molecule has 1 aromatic rings. The molecular formula is C7H4BrF2NO2. The lowest BCUT2D eigenvalue weighted by Crippen LogP contribution is -1.97. The van der Waals surface area contributed by atoms with Gasteiger partial charge in [-0.1, -0.05) is 15.9 Å². The van der Waals surface area contributed by atoms with Gasteiger partial charge >= 0.3 is 5.69 Å². The van der Waals surface area contributed by atoms with Crippen LogP contribution in [0.1, 0.15) is 5.56 Å². The second-order valence-electron chi connectivity index (χ2n) is 2.29. The summed E-state index contributed by atoms with van der Waals surface area (Å²) in [5.41, 5.74) is -0.902. The summed E-state index contributed by atoms with van der Waals surface area (Å²) in [5.74, 6) is -1.81. The van der Waals surface area contributed by atoms with E-state index in [1.165, 1.54) is 0 Å². The molecule has 0 aliphatic heterocycles. The lowest BCUT2D eigenvalue weighted by atomic mass is 10.2. The fourth-order valence-electron chi connectivity index (χ4n) is 0.860. The van der Waals surface area contributed by atoms with Gasteiger partial charge in [-0.05, 0) is 6.07 Å². The van der Waals surface area contributed by atoms with Gasteiger partial charge in [0.05, 0.1) is 11.0 Å². The first kappa shape index (κ1) is 10.0. The molecule has 70 valence electrons. The third-order valence-corrected chi connectivity index (χ3v) is 2.04. The van der Waals surface area contributed by atoms with Crippen molar-refractivity contribution in [1.29, 1.82) is 0 Å². The summed E-state index contributed by atoms with van der Waals surface area (Å²) < 4.78 is 25.7. The van der Waals surface area contributed by atoms with Gasteiger partial charge in [0.25, 0.3) is 0 Å². The molecule has 0 aliphatic carbocycles. The molecular weight excluding hydrogens is 248 g/mol. The number of nitro benzene ring substituents is 1. The first-order chi connectivity index (χ1) is 6.06. The zero-order valence-corrected chi connectivity index (χ0v) is 7.85. The van der Waals surface area contributed by atoms with Crippen LogP contribution in [0.15, 0.2) is 12.1 Å². The molecule has 0 bridgehead atoms. The third kappa shape index (κ3) is 2.00. The smallest absolute Gasteiger partial charge is 0.258 e. The molecule has 0 radical (unpaired) electrons. The summed E-state index contributed by atoms with van der Waals surface area (Å²) in [5, 5.41) is 10.3. The van der Waals surface area contributed by atoms with Crippen LogP contribution in [0.3, 0.4) is 0 Å². The quantitative estimate of drug-likeness (QED) is 0.461. The molecule has 1 aromatic carbocycles. The average molecular weight is 252 g/mol. The second kappa shape index (κ2) is 3.78. The van der Waals surface area contributed by atoms with E-state index in [-0.39, 0.29) is 10.9 Å². The van der Waals surface area contributed by atoms with Crippen LogP contribution in [0.4, 0.5) is 14.5 Å². The highest BCUT2D eigenvalue weighted by molar-refractivity contribution is 9.08. The minimum atomic E-state index is -0.997. The van der Waals surface area contributed by atoms with Gasteiger partial charge in [0.1, 0.15) is 5.82 Å². The molecule has 0 heterocycles. The van der Waals surface area contributed by atoms with Crippen molar-refractivity contribution in [2.75, 3.05) is 0 Å². The molecule has 13 heavy (non-hydrogen) atoms. The van der Waals surface area contributed by atoms with Crippen LogP contribution >= 0.6 is 15.9 Å². The molecule has 0 aliphatic rings. The fourth-order valence-corrected chi connectivity index (χ4v) is 1.27.